The fraction of sp³-hybridized carbons (Fsp3) is 0.412. The summed E-state index contributed by atoms with van der Waals surface area (Å²) < 4.78 is 13.6. The van der Waals surface area contributed by atoms with E-state index in [1.165, 1.54) is 23.5 Å². The Morgan fingerprint density at radius 3 is 2.96 bits per heavy atom. The summed E-state index contributed by atoms with van der Waals surface area (Å²) in [5.41, 5.74) is 1.61. The van der Waals surface area contributed by atoms with E-state index in [1.54, 1.807) is 13.1 Å². The average Bonchev–Trinajstić information content (AvgIpc) is 2.95. The molecule has 1 fully saturated rings. The van der Waals surface area contributed by atoms with Gasteiger partial charge in [0.2, 0.25) is 0 Å². The van der Waals surface area contributed by atoms with Gasteiger partial charge in [0, 0.05) is 13.6 Å². The zero-order valence-corrected chi connectivity index (χ0v) is 14.1. The van der Waals surface area contributed by atoms with Crippen molar-refractivity contribution in [2.75, 3.05) is 18.9 Å². The first kappa shape index (κ1) is 15.9. The minimum atomic E-state index is -0.257. The van der Waals surface area contributed by atoms with Gasteiger partial charge < -0.3 is 10.2 Å². The lowest BCUT2D eigenvalue weighted by molar-refractivity contribution is 0.0615. The fourth-order valence-electron chi connectivity index (χ4n) is 3.07. The molecule has 0 unspecified atom stereocenters. The quantitative estimate of drug-likeness (QED) is 0.923. The molecule has 0 aliphatic carbocycles. The van der Waals surface area contributed by atoms with Crippen LogP contribution >= 0.6 is 11.3 Å². The van der Waals surface area contributed by atoms with Gasteiger partial charge in [-0.2, -0.15) is 0 Å². The molecule has 1 aliphatic rings. The highest BCUT2D eigenvalue weighted by atomic mass is 32.1. The summed E-state index contributed by atoms with van der Waals surface area (Å²) in [7, 11) is 1.79. The van der Waals surface area contributed by atoms with Crippen molar-refractivity contribution >= 4 is 22.4 Å². The lowest BCUT2D eigenvalue weighted by atomic mass is 9.95. The van der Waals surface area contributed by atoms with Crippen molar-refractivity contribution in [3.63, 3.8) is 0 Å². The van der Waals surface area contributed by atoms with Crippen LogP contribution in [-0.2, 0) is 0 Å². The highest BCUT2D eigenvalue weighted by molar-refractivity contribution is 7.17. The molecule has 6 heteroatoms. The molecular formula is C17H20FN3OS. The fourth-order valence-corrected chi connectivity index (χ4v) is 3.94. The molecule has 4 nitrogen and oxygen atoms in total. The second-order valence-corrected chi connectivity index (χ2v) is 6.75. The van der Waals surface area contributed by atoms with Crippen LogP contribution in [0.2, 0.25) is 0 Å². The average molecular weight is 333 g/mol. The van der Waals surface area contributed by atoms with Crippen LogP contribution < -0.4 is 5.32 Å². The molecule has 23 heavy (non-hydrogen) atoms. The molecule has 3 rings (SSSR count). The third-order valence-corrected chi connectivity index (χ3v) is 5.36. The molecule has 1 atom stereocenters. The van der Waals surface area contributed by atoms with E-state index in [9.17, 15) is 9.18 Å². The van der Waals surface area contributed by atoms with Crippen LogP contribution in [0.4, 0.5) is 9.52 Å². The Balaban J connectivity index is 1.91. The topological polar surface area (TPSA) is 45.2 Å². The Bertz CT molecular complexity index is 716. The van der Waals surface area contributed by atoms with Crippen molar-refractivity contribution in [2.24, 2.45) is 0 Å². The largest absolute Gasteiger partial charge is 0.365 e. The van der Waals surface area contributed by atoms with E-state index in [4.69, 9.17) is 0 Å². The van der Waals surface area contributed by atoms with E-state index < -0.39 is 0 Å². The van der Waals surface area contributed by atoms with E-state index in [0.717, 1.165) is 35.7 Å². The van der Waals surface area contributed by atoms with Gasteiger partial charge in [-0.1, -0.05) is 23.5 Å². The number of aryl methyl sites for hydroxylation is 1. The molecule has 122 valence electrons. The van der Waals surface area contributed by atoms with Gasteiger partial charge in [-0.05, 0) is 43.9 Å². The number of nitrogens with zero attached hydrogens (tertiary/aromatic N) is 2. The first-order valence-electron chi connectivity index (χ1n) is 7.81. The number of hydrogen-bond donors (Lipinski definition) is 1. The molecule has 2 aromatic rings. The number of benzene rings is 1. The first-order valence-corrected chi connectivity index (χ1v) is 8.63. The first-order chi connectivity index (χ1) is 11.1. The van der Waals surface area contributed by atoms with Gasteiger partial charge in [0.05, 0.1) is 11.7 Å². The Kier molecular flexibility index (Phi) is 4.61. The van der Waals surface area contributed by atoms with Crippen molar-refractivity contribution in [1.82, 2.24) is 9.88 Å². The van der Waals surface area contributed by atoms with E-state index in [-0.39, 0.29) is 17.8 Å². The zero-order chi connectivity index (χ0) is 16.4. The molecule has 2 heterocycles. The SMILES string of the molecule is CNc1nc(C)c(C(=O)N2CCCC[C@H]2c2cccc(F)c2)s1. The number of nitrogens with one attached hydrogen (secondary N) is 1. The lowest BCUT2D eigenvalue weighted by Gasteiger charge is -2.36. The molecule has 1 aromatic carbocycles. The normalized spacial score (nSPS) is 18.0. The smallest absolute Gasteiger partial charge is 0.266 e. The molecule has 0 bridgehead atoms. The summed E-state index contributed by atoms with van der Waals surface area (Å²) in [6.45, 7) is 2.55. The van der Waals surface area contributed by atoms with Gasteiger partial charge in [-0.3, -0.25) is 4.79 Å². The van der Waals surface area contributed by atoms with Crippen LogP contribution in [-0.4, -0.2) is 29.4 Å². The van der Waals surface area contributed by atoms with Crippen LogP contribution in [0.3, 0.4) is 0 Å². The summed E-state index contributed by atoms with van der Waals surface area (Å²) >= 11 is 1.37. The maximum absolute atomic E-state index is 13.6. The number of amides is 1. The van der Waals surface area contributed by atoms with E-state index in [1.807, 2.05) is 17.9 Å². The van der Waals surface area contributed by atoms with Gasteiger partial charge in [0.1, 0.15) is 10.7 Å². The second-order valence-electron chi connectivity index (χ2n) is 5.75. The number of halogens is 1. The van der Waals surface area contributed by atoms with Crippen LogP contribution in [0.15, 0.2) is 24.3 Å². The van der Waals surface area contributed by atoms with Crippen molar-refractivity contribution < 1.29 is 9.18 Å². The summed E-state index contributed by atoms with van der Waals surface area (Å²) in [5, 5.41) is 3.72. The van der Waals surface area contributed by atoms with Gasteiger partial charge in [0.15, 0.2) is 5.13 Å². The highest BCUT2D eigenvalue weighted by Crippen LogP contribution is 2.34. The number of piperidine rings is 1. The maximum atomic E-state index is 13.6. The number of likely N-dealkylation sites (tertiary alicyclic amines) is 1. The van der Waals surface area contributed by atoms with E-state index in [0.29, 0.717) is 11.4 Å². The van der Waals surface area contributed by atoms with Gasteiger partial charge in [0.25, 0.3) is 5.91 Å². The Morgan fingerprint density at radius 1 is 1.43 bits per heavy atom. The number of carbonyl (C=O) groups excluding carboxylic acids is 1. The predicted octanol–water partition coefficient (Wildman–Crippen LogP) is 4.00. The summed E-state index contributed by atoms with van der Waals surface area (Å²) in [4.78, 5) is 19.9. The lowest BCUT2D eigenvalue weighted by Crippen LogP contribution is -2.38. The second kappa shape index (κ2) is 6.66. The molecule has 0 saturated carbocycles. The Morgan fingerprint density at radius 2 is 2.26 bits per heavy atom. The van der Waals surface area contributed by atoms with Gasteiger partial charge in [-0.15, -0.1) is 0 Å². The Hall–Kier alpha value is -1.95. The third kappa shape index (κ3) is 3.22. The zero-order valence-electron chi connectivity index (χ0n) is 13.3. The molecule has 0 radical (unpaired) electrons. The minimum absolute atomic E-state index is 0.00420. The summed E-state index contributed by atoms with van der Waals surface area (Å²) in [6.07, 6.45) is 2.90. The molecular weight excluding hydrogens is 313 g/mol. The monoisotopic (exact) mass is 333 g/mol. The molecule has 1 saturated heterocycles. The van der Waals surface area contributed by atoms with Crippen LogP contribution in [0, 0.1) is 12.7 Å². The number of anilines is 1. The summed E-state index contributed by atoms with van der Waals surface area (Å²) in [5.74, 6) is -0.262. The van der Waals surface area contributed by atoms with Gasteiger partial charge in [-0.25, -0.2) is 9.37 Å². The molecule has 0 spiro atoms. The summed E-state index contributed by atoms with van der Waals surface area (Å²) in [6, 6.07) is 6.52. The highest BCUT2D eigenvalue weighted by Gasteiger charge is 2.31. The van der Waals surface area contributed by atoms with Crippen LogP contribution in [0.1, 0.15) is 46.2 Å². The molecule has 1 amide bonds. The predicted molar refractivity (Wildman–Crippen MR) is 90.4 cm³/mol. The molecule has 1 N–H and O–H groups in total. The van der Waals surface area contributed by atoms with Crippen molar-refractivity contribution in [2.45, 2.75) is 32.2 Å². The molecule has 1 aromatic heterocycles. The van der Waals surface area contributed by atoms with Crippen LogP contribution in [0.25, 0.3) is 0 Å². The van der Waals surface area contributed by atoms with E-state index in [2.05, 4.69) is 10.3 Å². The number of rotatable bonds is 3. The van der Waals surface area contributed by atoms with Crippen LogP contribution in [0.5, 0.6) is 0 Å². The Labute approximate surface area is 139 Å². The minimum Gasteiger partial charge on any atom is -0.365 e. The van der Waals surface area contributed by atoms with Crippen molar-refractivity contribution in [1.29, 1.82) is 0 Å². The standard InChI is InChI=1S/C17H20FN3OS/c1-11-15(23-17(19-2)20-11)16(22)21-9-4-3-8-14(21)12-6-5-7-13(18)10-12/h5-7,10,14H,3-4,8-9H2,1-2H3,(H,19,20)/t14-/m0/s1. The third-order valence-electron chi connectivity index (χ3n) is 4.20. The molecule has 1 aliphatic heterocycles. The maximum Gasteiger partial charge on any atom is 0.266 e. The number of thiazole rings is 1. The number of carbonyl (C=O) groups is 1. The van der Waals surface area contributed by atoms with Gasteiger partial charge >= 0.3 is 0 Å². The van der Waals surface area contributed by atoms with E-state index >= 15 is 0 Å². The number of aromatic nitrogens is 1. The number of hydrogen-bond acceptors (Lipinski definition) is 4. The van der Waals surface area contributed by atoms with Crippen molar-refractivity contribution in [3.8, 4) is 0 Å². The van der Waals surface area contributed by atoms with Crippen molar-refractivity contribution in [3.05, 3.63) is 46.2 Å².